The van der Waals surface area contributed by atoms with Crippen LogP contribution in [-0.4, -0.2) is 47.3 Å². The van der Waals surface area contributed by atoms with Gasteiger partial charge < -0.3 is 25.3 Å². The van der Waals surface area contributed by atoms with Gasteiger partial charge in [0.1, 0.15) is 28.8 Å². The summed E-state index contributed by atoms with van der Waals surface area (Å²) in [6, 6.07) is 7.69. The quantitative estimate of drug-likeness (QED) is 0.694. The summed E-state index contributed by atoms with van der Waals surface area (Å²) in [5.41, 5.74) is 7.08. The molecule has 1 aromatic carbocycles. The van der Waals surface area contributed by atoms with Crippen LogP contribution in [0.15, 0.2) is 24.3 Å². The van der Waals surface area contributed by atoms with Crippen LogP contribution in [0.5, 0.6) is 5.75 Å². The SMILES string of the molecule is COc1ccc(Cn2nnc3c2[C@]2(CC[C@@H]3OC(=O)NCC(N)=O)CO2)cc1. The summed E-state index contributed by atoms with van der Waals surface area (Å²) in [6.45, 7) is 0.824. The van der Waals surface area contributed by atoms with Gasteiger partial charge in [-0.3, -0.25) is 4.79 Å². The highest BCUT2D eigenvalue weighted by atomic mass is 16.6. The lowest BCUT2D eigenvalue weighted by molar-refractivity contribution is -0.117. The molecule has 1 spiro atoms. The zero-order chi connectivity index (χ0) is 19.7. The maximum atomic E-state index is 11.9. The zero-order valence-corrected chi connectivity index (χ0v) is 15.4. The molecule has 1 fully saturated rings. The number of fused-ring (bicyclic) bond motifs is 2. The number of amides is 2. The molecule has 2 amide bonds. The number of methoxy groups -OCH3 is 1. The van der Waals surface area contributed by atoms with Crippen molar-refractivity contribution in [2.75, 3.05) is 20.3 Å². The summed E-state index contributed by atoms with van der Waals surface area (Å²) in [7, 11) is 1.62. The zero-order valence-electron chi connectivity index (χ0n) is 15.4. The molecule has 2 atom stereocenters. The molecule has 10 nitrogen and oxygen atoms in total. The van der Waals surface area contributed by atoms with E-state index in [9.17, 15) is 9.59 Å². The van der Waals surface area contributed by atoms with Crippen molar-refractivity contribution >= 4 is 12.0 Å². The van der Waals surface area contributed by atoms with Gasteiger partial charge in [-0.2, -0.15) is 0 Å². The molecule has 2 heterocycles. The molecule has 2 aromatic rings. The first-order chi connectivity index (χ1) is 13.5. The summed E-state index contributed by atoms with van der Waals surface area (Å²) >= 11 is 0. The maximum absolute atomic E-state index is 11.9. The molecule has 4 rings (SSSR count). The maximum Gasteiger partial charge on any atom is 0.408 e. The number of benzene rings is 1. The minimum Gasteiger partial charge on any atom is -0.497 e. The van der Waals surface area contributed by atoms with Crippen LogP contribution < -0.4 is 15.8 Å². The first-order valence-corrected chi connectivity index (χ1v) is 8.94. The van der Waals surface area contributed by atoms with Gasteiger partial charge in [0.05, 0.1) is 26.8 Å². The topological polar surface area (TPSA) is 134 Å². The molecule has 1 aromatic heterocycles. The van der Waals surface area contributed by atoms with Crippen molar-refractivity contribution in [1.82, 2.24) is 20.3 Å². The smallest absolute Gasteiger partial charge is 0.408 e. The number of nitrogens with zero attached hydrogens (tertiary/aromatic N) is 3. The van der Waals surface area contributed by atoms with Gasteiger partial charge in [-0.15, -0.1) is 5.10 Å². The lowest BCUT2D eigenvalue weighted by atomic mass is 9.88. The molecule has 0 radical (unpaired) electrons. The van der Waals surface area contributed by atoms with E-state index in [1.54, 1.807) is 11.8 Å². The number of ether oxygens (including phenoxy) is 3. The molecule has 2 aliphatic rings. The Morgan fingerprint density at radius 2 is 2.14 bits per heavy atom. The molecule has 3 N–H and O–H groups in total. The van der Waals surface area contributed by atoms with Crippen LogP contribution in [0.2, 0.25) is 0 Å². The summed E-state index contributed by atoms with van der Waals surface area (Å²) in [6.07, 6.45) is -0.00319. The number of hydrogen-bond acceptors (Lipinski definition) is 7. The van der Waals surface area contributed by atoms with Crippen molar-refractivity contribution in [3.8, 4) is 5.75 Å². The van der Waals surface area contributed by atoms with E-state index in [1.807, 2.05) is 24.3 Å². The highest BCUT2D eigenvalue weighted by Gasteiger charge is 2.55. The van der Waals surface area contributed by atoms with Gasteiger partial charge in [-0.25, -0.2) is 9.48 Å². The molecule has 148 valence electrons. The Balaban J connectivity index is 1.54. The van der Waals surface area contributed by atoms with Crippen LogP contribution in [0.25, 0.3) is 0 Å². The molecular formula is C18H21N5O5. The third-order valence-corrected chi connectivity index (χ3v) is 4.95. The Hall–Kier alpha value is -3.14. The third-order valence-electron chi connectivity index (χ3n) is 4.95. The van der Waals surface area contributed by atoms with Crippen LogP contribution >= 0.6 is 0 Å². The molecule has 1 saturated heterocycles. The van der Waals surface area contributed by atoms with E-state index in [0.29, 0.717) is 31.7 Å². The van der Waals surface area contributed by atoms with Gasteiger partial charge >= 0.3 is 6.09 Å². The highest BCUT2D eigenvalue weighted by Crippen LogP contribution is 2.51. The lowest BCUT2D eigenvalue weighted by Crippen LogP contribution is -2.35. The molecule has 1 aliphatic carbocycles. The Kier molecular flexibility index (Phi) is 4.63. The average Bonchev–Trinajstić information content (AvgIpc) is 3.33. The largest absolute Gasteiger partial charge is 0.497 e. The van der Waals surface area contributed by atoms with Crippen LogP contribution in [0.1, 0.15) is 35.9 Å². The number of carbonyl (C=O) groups is 2. The van der Waals surface area contributed by atoms with Gasteiger partial charge in [0, 0.05) is 0 Å². The van der Waals surface area contributed by atoms with Gasteiger partial charge in [0.15, 0.2) is 0 Å². The monoisotopic (exact) mass is 387 g/mol. The van der Waals surface area contributed by atoms with E-state index in [4.69, 9.17) is 19.9 Å². The van der Waals surface area contributed by atoms with Crippen molar-refractivity contribution < 1.29 is 23.8 Å². The normalized spacial score (nSPS) is 22.4. The predicted octanol–water partition coefficient (Wildman–Crippen LogP) is 0.607. The van der Waals surface area contributed by atoms with Crippen molar-refractivity contribution in [2.45, 2.75) is 31.1 Å². The van der Waals surface area contributed by atoms with E-state index < -0.39 is 23.7 Å². The van der Waals surface area contributed by atoms with Crippen LogP contribution in [0.3, 0.4) is 0 Å². The van der Waals surface area contributed by atoms with Crippen molar-refractivity contribution in [3.63, 3.8) is 0 Å². The Bertz CT molecular complexity index is 890. The molecule has 0 bridgehead atoms. The first kappa shape index (κ1) is 18.2. The second-order valence-electron chi connectivity index (χ2n) is 6.86. The minimum absolute atomic E-state index is 0.282. The fraction of sp³-hybridized carbons (Fsp3) is 0.444. The first-order valence-electron chi connectivity index (χ1n) is 8.94. The third kappa shape index (κ3) is 3.50. The second kappa shape index (κ2) is 7.12. The number of aromatic nitrogens is 3. The Morgan fingerprint density at radius 3 is 2.79 bits per heavy atom. The lowest BCUT2D eigenvalue weighted by Gasteiger charge is -2.26. The van der Waals surface area contributed by atoms with Gasteiger partial charge in [0.2, 0.25) is 5.91 Å². The standard InChI is InChI=1S/C18H21N5O5/c1-26-12-4-2-11(3-5-12)9-23-16-15(21-22-23)13(6-7-18(16)10-27-18)28-17(25)20-8-14(19)24/h2-5,13H,6-10H2,1H3,(H2,19,24)(H,20,25)/t13-,18-/m0/s1. The number of rotatable bonds is 6. The number of carbonyl (C=O) groups excluding carboxylic acids is 2. The summed E-state index contributed by atoms with van der Waals surface area (Å²) < 4.78 is 18.1. The van der Waals surface area contributed by atoms with E-state index in [2.05, 4.69) is 15.6 Å². The Labute approximate surface area is 160 Å². The number of primary amides is 1. The number of nitrogens with one attached hydrogen (secondary N) is 1. The molecule has 1 aliphatic heterocycles. The number of nitrogens with two attached hydrogens (primary N) is 1. The number of alkyl carbamates (subject to hydrolysis) is 1. The van der Waals surface area contributed by atoms with E-state index in [0.717, 1.165) is 17.0 Å². The minimum atomic E-state index is -0.716. The Morgan fingerprint density at radius 1 is 1.39 bits per heavy atom. The molecule has 0 unspecified atom stereocenters. The molecular weight excluding hydrogens is 366 g/mol. The van der Waals surface area contributed by atoms with Crippen LogP contribution in [-0.2, 0) is 26.4 Å². The predicted molar refractivity (Wildman–Crippen MR) is 95.4 cm³/mol. The van der Waals surface area contributed by atoms with E-state index >= 15 is 0 Å². The van der Waals surface area contributed by atoms with Crippen molar-refractivity contribution in [3.05, 3.63) is 41.2 Å². The second-order valence-corrected chi connectivity index (χ2v) is 6.86. The summed E-state index contributed by atoms with van der Waals surface area (Å²) in [5, 5.41) is 10.9. The van der Waals surface area contributed by atoms with Crippen molar-refractivity contribution in [2.24, 2.45) is 5.73 Å². The van der Waals surface area contributed by atoms with Crippen LogP contribution in [0, 0.1) is 0 Å². The molecule has 0 saturated carbocycles. The summed E-state index contributed by atoms with van der Waals surface area (Å²) in [4.78, 5) is 22.7. The van der Waals surface area contributed by atoms with Crippen LogP contribution in [0.4, 0.5) is 4.79 Å². The van der Waals surface area contributed by atoms with Gasteiger partial charge in [0.25, 0.3) is 0 Å². The average molecular weight is 387 g/mol. The molecule has 10 heteroatoms. The number of epoxide rings is 1. The fourth-order valence-electron chi connectivity index (χ4n) is 3.46. The van der Waals surface area contributed by atoms with E-state index in [-0.39, 0.29) is 6.54 Å². The van der Waals surface area contributed by atoms with Crippen molar-refractivity contribution in [1.29, 1.82) is 0 Å². The molecule has 28 heavy (non-hydrogen) atoms. The van der Waals surface area contributed by atoms with Gasteiger partial charge in [-0.1, -0.05) is 17.3 Å². The fourth-order valence-corrected chi connectivity index (χ4v) is 3.46. The number of hydrogen-bond donors (Lipinski definition) is 2. The van der Waals surface area contributed by atoms with Gasteiger partial charge in [-0.05, 0) is 30.5 Å². The van der Waals surface area contributed by atoms with E-state index in [1.165, 1.54) is 0 Å². The highest BCUT2D eigenvalue weighted by molar-refractivity contribution is 5.80. The summed E-state index contributed by atoms with van der Waals surface area (Å²) in [5.74, 6) is 0.138.